The zero-order valence-electron chi connectivity index (χ0n) is 12.9. The lowest BCUT2D eigenvalue weighted by atomic mass is 10.1. The predicted octanol–water partition coefficient (Wildman–Crippen LogP) is 3.25. The van der Waals surface area contributed by atoms with Gasteiger partial charge in [0, 0.05) is 6.54 Å². The van der Waals surface area contributed by atoms with Gasteiger partial charge in [-0.15, -0.1) is 0 Å². The molecule has 126 valence electrons. The number of rotatable bonds is 4. The van der Waals surface area contributed by atoms with E-state index in [0.717, 1.165) is 17.7 Å². The van der Waals surface area contributed by atoms with Crippen LogP contribution in [0.5, 0.6) is 11.5 Å². The van der Waals surface area contributed by atoms with Crippen LogP contribution in [-0.2, 0) is 6.54 Å². The van der Waals surface area contributed by atoms with Crippen molar-refractivity contribution in [3.63, 3.8) is 0 Å². The van der Waals surface area contributed by atoms with Crippen molar-refractivity contribution in [3.05, 3.63) is 59.2 Å². The first kappa shape index (κ1) is 16.0. The number of carbonyl (C=O) groups excluding carboxylic acids is 1. The first-order valence-electron chi connectivity index (χ1n) is 7.41. The van der Waals surface area contributed by atoms with Crippen molar-refractivity contribution in [2.75, 3.05) is 6.79 Å². The van der Waals surface area contributed by atoms with E-state index in [4.69, 9.17) is 9.47 Å². The number of urea groups is 1. The molecule has 2 aromatic rings. The molecule has 2 N–H and O–H groups in total. The van der Waals surface area contributed by atoms with Crippen molar-refractivity contribution in [1.82, 2.24) is 10.6 Å². The monoisotopic (exact) mass is 334 g/mol. The van der Waals surface area contributed by atoms with Crippen LogP contribution in [0.2, 0.25) is 0 Å². The van der Waals surface area contributed by atoms with E-state index in [-0.39, 0.29) is 6.79 Å². The lowest BCUT2D eigenvalue weighted by Crippen LogP contribution is -2.36. The largest absolute Gasteiger partial charge is 0.454 e. The molecule has 0 saturated carbocycles. The summed E-state index contributed by atoms with van der Waals surface area (Å²) in [7, 11) is 0. The molecule has 0 unspecified atom stereocenters. The molecule has 0 aliphatic carbocycles. The summed E-state index contributed by atoms with van der Waals surface area (Å²) in [5.41, 5.74) is 1.34. The highest BCUT2D eigenvalue weighted by molar-refractivity contribution is 5.74. The summed E-state index contributed by atoms with van der Waals surface area (Å²) in [4.78, 5) is 11.9. The van der Waals surface area contributed by atoms with Gasteiger partial charge in [-0.3, -0.25) is 0 Å². The molecular formula is C17H16F2N2O3. The normalized spacial score (nSPS) is 13.5. The number of hydrogen-bond donors (Lipinski definition) is 2. The summed E-state index contributed by atoms with van der Waals surface area (Å²) in [5.74, 6) is -0.542. The third kappa shape index (κ3) is 3.56. The highest BCUT2D eigenvalue weighted by Crippen LogP contribution is 2.32. The molecule has 7 heteroatoms. The van der Waals surface area contributed by atoms with Crippen LogP contribution >= 0.6 is 0 Å². The Morgan fingerprint density at radius 3 is 2.71 bits per heavy atom. The highest BCUT2D eigenvalue weighted by atomic mass is 19.2. The van der Waals surface area contributed by atoms with E-state index in [0.29, 0.717) is 23.6 Å². The predicted molar refractivity (Wildman–Crippen MR) is 82.7 cm³/mol. The van der Waals surface area contributed by atoms with E-state index in [1.165, 1.54) is 6.07 Å². The van der Waals surface area contributed by atoms with Crippen LogP contribution in [0.1, 0.15) is 24.1 Å². The Kier molecular flexibility index (Phi) is 4.50. The molecule has 5 nitrogen and oxygen atoms in total. The maximum Gasteiger partial charge on any atom is 0.315 e. The van der Waals surface area contributed by atoms with E-state index in [2.05, 4.69) is 10.6 Å². The molecule has 0 bridgehead atoms. The van der Waals surface area contributed by atoms with Gasteiger partial charge in [0.15, 0.2) is 23.1 Å². The van der Waals surface area contributed by atoms with Crippen molar-refractivity contribution < 1.29 is 23.0 Å². The quantitative estimate of drug-likeness (QED) is 0.902. The number of nitrogens with one attached hydrogen (secondary N) is 2. The van der Waals surface area contributed by atoms with Crippen molar-refractivity contribution in [2.45, 2.75) is 19.5 Å². The molecule has 2 aromatic carbocycles. The summed E-state index contributed by atoms with van der Waals surface area (Å²) in [6.45, 7) is 2.18. The fourth-order valence-corrected chi connectivity index (χ4v) is 2.35. The van der Waals surface area contributed by atoms with E-state index in [1.807, 2.05) is 6.07 Å². The molecule has 2 amide bonds. The molecule has 1 aliphatic heterocycles. The molecule has 0 aromatic heterocycles. The molecule has 1 atom stereocenters. The van der Waals surface area contributed by atoms with E-state index >= 15 is 0 Å². The van der Waals surface area contributed by atoms with Gasteiger partial charge in [-0.25, -0.2) is 13.6 Å². The third-order valence-electron chi connectivity index (χ3n) is 3.68. The SMILES string of the molecule is C[C@H](NC(=O)NCc1ccc2c(c1)OCO2)c1ccc(F)c(F)c1. The summed E-state index contributed by atoms with van der Waals surface area (Å²) in [6.07, 6.45) is 0. The minimum absolute atomic E-state index is 0.193. The molecule has 1 aliphatic rings. The Morgan fingerprint density at radius 1 is 1.12 bits per heavy atom. The Hall–Kier alpha value is -2.83. The summed E-state index contributed by atoms with van der Waals surface area (Å²) in [6, 6.07) is 8.06. The van der Waals surface area contributed by atoms with Crippen LogP contribution in [0.15, 0.2) is 36.4 Å². The number of carbonyl (C=O) groups is 1. The van der Waals surface area contributed by atoms with Gasteiger partial charge in [-0.05, 0) is 42.3 Å². The summed E-state index contributed by atoms with van der Waals surface area (Å²) in [5, 5.41) is 5.37. The molecular weight excluding hydrogens is 318 g/mol. The lowest BCUT2D eigenvalue weighted by molar-refractivity contribution is 0.174. The van der Waals surface area contributed by atoms with E-state index in [1.54, 1.807) is 19.1 Å². The average molecular weight is 334 g/mol. The van der Waals surface area contributed by atoms with Crippen LogP contribution < -0.4 is 20.1 Å². The van der Waals surface area contributed by atoms with Crippen molar-refractivity contribution in [2.24, 2.45) is 0 Å². The Morgan fingerprint density at radius 2 is 1.92 bits per heavy atom. The minimum Gasteiger partial charge on any atom is -0.454 e. The lowest BCUT2D eigenvalue weighted by Gasteiger charge is -2.15. The van der Waals surface area contributed by atoms with Gasteiger partial charge in [0.1, 0.15) is 0 Å². The van der Waals surface area contributed by atoms with Crippen LogP contribution in [0.25, 0.3) is 0 Å². The fraction of sp³-hybridized carbons (Fsp3) is 0.235. The second-order valence-electron chi connectivity index (χ2n) is 5.41. The van der Waals surface area contributed by atoms with Crippen molar-refractivity contribution in [3.8, 4) is 11.5 Å². The van der Waals surface area contributed by atoms with Crippen molar-refractivity contribution >= 4 is 6.03 Å². The first-order valence-corrected chi connectivity index (χ1v) is 7.41. The number of fused-ring (bicyclic) bond motifs is 1. The zero-order chi connectivity index (χ0) is 17.1. The number of benzene rings is 2. The van der Waals surface area contributed by atoms with Gasteiger partial charge in [-0.1, -0.05) is 12.1 Å². The molecule has 0 spiro atoms. The number of halogens is 2. The Bertz CT molecular complexity index is 767. The van der Waals surface area contributed by atoms with Gasteiger partial charge in [0.05, 0.1) is 6.04 Å². The van der Waals surface area contributed by atoms with Crippen molar-refractivity contribution in [1.29, 1.82) is 0 Å². The maximum atomic E-state index is 13.2. The molecule has 1 heterocycles. The first-order chi connectivity index (χ1) is 11.5. The summed E-state index contributed by atoms with van der Waals surface area (Å²) < 4.78 is 36.7. The van der Waals surface area contributed by atoms with E-state index in [9.17, 15) is 13.6 Å². The average Bonchev–Trinajstić information content (AvgIpc) is 3.03. The number of amides is 2. The number of ether oxygens (including phenoxy) is 2. The van der Waals surface area contributed by atoms with Crippen LogP contribution in [0.4, 0.5) is 13.6 Å². The molecule has 24 heavy (non-hydrogen) atoms. The smallest absolute Gasteiger partial charge is 0.315 e. The molecule has 0 saturated heterocycles. The summed E-state index contributed by atoms with van der Waals surface area (Å²) >= 11 is 0. The highest BCUT2D eigenvalue weighted by Gasteiger charge is 2.14. The molecule has 0 radical (unpaired) electrons. The van der Waals surface area contributed by atoms with Gasteiger partial charge >= 0.3 is 6.03 Å². The third-order valence-corrected chi connectivity index (χ3v) is 3.68. The van der Waals surface area contributed by atoms with Crippen LogP contribution in [0, 0.1) is 11.6 Å². The van der Waals surface area contributed by atoms with Gasteiger partial charge in [-0.2, -0.15) is 0 Å². The maximum absolute atomic E-state index is 13.2. The Labute approximate surface area is 137 Å². The van der Waals surface area contributed by atoms with Gasteiger partial charge in [0.25, 0.3) is 0 Å². The van der Waals surface area contributed by atoms with E-state index < -0.39 is 23.7 Å². The molecule has 3 rings (SSSR count). The van der Waals surface area contributed by atoms with Crippen LogP contribution in [-0.4, -0.2) is 12.8 Å². The van der Waals surface area contributed by atoms with Crippen LogP contribution in [0.3, 0.4) is 0 Å². The van der Waals surface area contributed by atoms with Gasteiger partial charge in [0.2, 0.25) is 6.79 Å². The second-order valence-corrected chi connectivity index (χ2v) is 5.41. The second kappa shape index (κ2) is 6.74. The Balaban J connectivity index is 1.54. The topological polar surface area (TPSA) is 59.6 Å². The zero-order valence-corrected chi connectivity index (χ0v) is 12.9. The van der Waals surface area contributed by atoms with Gasteiger partial charge < -0.3 is 20.1 Å². The standard InChI is InChI=1S/C17H16F2N2O3/c1-10(12-3-4-13(18)14(19)7-12)21-17(22)20-8-11-2-5-15-16(6-11)24-9-23-15/h2-7,10H,8-9H2,1H3,(H2,20,21,22)/t10-/m0/s1. The minimum atomic E-state index is -0.943. The fourth-order valence-electron chi connectivity index (χ4n) is 2.35. The molecule has 0 fully saturated rings. The number of hydrogen-bond acceptors (Lipinski definition) is 3.